The second kappa shape index (κ2) is 7.07. The summed E-state index contributed by atoms with van der Waals surface area (Å²) in [5, 5.41) is 3.01. The van der Waals surface area contributed by atoms with Crippen LogP contribution in [-0.2, 0) is 0 Å². The molecule has 1 aromatic heterocycles. The summed E-state index contributed by atoms with van der Waals surface area (Å²) >= 11 is 0. The first-order valence-corrected chi connectivity index (χ1v) is 7.91. The van der Waals surface area contributed by atoms with Crippen molar-refractivity contribution < 1.29 is 9.21 Å². The van der Waals surface area contributed by atoms with Gasteiger partial charge in [0.25, 0.3) is 5.91 Å². The molecular weight excluding hydrogens is 266 g/mol. The number of rotatable bonds is 6. The first-order chi connectivity index (χ1) is 9.97. The molecule has 1 unspecified atom stereocenters. The van der Waals surface area contributed by atoms with Crippen molar-refractivity contribution in [2.75, 3.05) is 26.2 Å². The third-order valence-electron chi connectivity index (χ3n) is 3.88. The van der Waals surface area contributed by atoms with Crippen molar-refractivity contribution in [2.24, 2.45) is 11.8 Å². The molecule has 1 aromatic rings. The molecule has 1 aliphatic heterocycles. The molecule has 1 N–H and O–H groups in total. The molecule has 1 amide bonds. The van der Waals surface area contributed by atoms with Crippen LogP contribution in [0.15, 0.2) is 10.8 Å². The predicted octanol–water partition coefficient (Wildman–Crippen LogP) is 2.51. The summed E-state index contributed by atoms with van der Waals surface area (Å²) in [6.45, 7) is 12.6. The number of likely N-dealkylation sites (tertiary alicyclic amines) is 1. The zero-order valence-electron chi connectivity index (χ0n) is 13.6. The van der Waals surface area contributed by atoms with Crippen LogP contribution in [0.1, 0.15) is 56.3 Å². The molecule has 1 fully saturated rings. The molecule has 1 aliphatic rings. The maximum atomic E-state index is 12.2. The van der Waals surface area contributed by atoms with Gasteiger partial charge in [-0.3, -0.25) is 4.79 Å². The van der Waals surface area contributed by atoms with Gasteiger partial charge >= 0.3 is 0 Å². The molecule has 21 heavy (non-hydrogen) atoms. The molecule has 0 aliphatic carbocycles. The highest BCUT2D eigenvalue weighted by Crippen LogP contribution is 2.19. The van der Waals surface area contributed by atoms with E-state index in [1.54, 1.807) is 0 Å². The molecule has 5 heteroatoms. The Bertz CT molecular complexity index is 468. The molecule has 2 heterocycles. The highest BCUT2D eigenvalue weighted by molar-refractivity contribution is 5.93. The van der Waals surface area contributed by atoms with Gasteiger partial charge in [0.2, 0.25) is 0 Å². The second-order valence-electron chi connectivity index (χ2n) is 6.74. The van der Waals surface area contributed by atoms with Crippen LogP contribution in [0.25, 0.3) is 0 Å². The van der Waals surface area contributed by atoms with Gasteiger partial charge in [-0.25, -0.2) is 4.98 Å². The summed E-state index contributed by atoms with van der Waals surface area (Å²) in [6, 6.07) is 0. The minimum absolute atomic E-state index is 0.116. The van der Waals surface area contributed by atoms with Crippen LogP contribution >= 0.6 is 0 Å². The minimum atomic E-state index is -0.116. The van der Waals surface area contributed by atoms with Gasteiger partial charge in [-0.05, 0) is 24.8 Å². The molecule has 2 rings (SSSR count). The first-order valence-electron chi connectivity index (χ1n) is 7.91. The lowest BCUT2D eigenvalue weighted by atomic mass is 10.1. The van der Waals surface area contributed by atoms with E-state index in [0.29, 0.717) is 23.3 Å². The lowest BCUT2D eigenvalue weighted by Crippen LogP contribution is -2.32. The Labute approximate surface area is 127 Å². The third-order valence-corrected chi connectivity index (χ3v) is 3.88. The SMILES string of the molecule is CC(C)CN1CCC(CNC(=O)c2ncoc2C(C)C)C1. The fourth-order valence-corrected chi connectivity index (χ4v) is 2.92. The number of carbonyl (C=O) groups is 1. The normalized spacial score (nSPS) is 19.6. The van der Waals surface area contributed by atoms with Crippen LogP contribution in [0.2, 0.25) is 0 Å². The van der Waals surface area contributed by atoms with E-state index >= 15 is 0 Å². The predicted molar refractivity (Wildman–Crippen MR) is 82.3 cm³/mol. The van der Waals surface area contributed by atoms with E-state index in [0.717, 1.165) is 32.6 Å². The number of nitrogens with one attached hydrogen (secondary N) is 1. The Morgan fingerprint density at radius 1 is 1.48 bits per heavy atom. The summed E-state index contributed by atoms with van der Waals surface area (Å²) in [6.07, 6.45) is 2.51. The van der Waals surface area contributed by atoms with Gasteiger partial charge in [0.05, 0.1) is 0 Å². The number of hydrogen-bond donors (Lipinski definition) is 1. The van der Waals surface area contributed by atoms with Crippen LogP contribution in [0.5, 0.6) is 0 Å². The van der Waals surface area contributed by atoms with Crippen molar-refractivity contribution in [1.82, 2.24) is 15.2 Å². The molecule has 0 radical (unpaired) electrons. The fraction of sp³-hybridized carbons (Fsp3) is 0.750. The Morgan fingerprint density at radius 2 is 2.24 bits per heavy atom. The third kappa shape index (κ3) is 4.30. The molecule has 118 valence electrons. The number of nitrogens with zero attached hydrogens (tertiary/aromatic N) is 2. The van der Waals surface area contributed by atoms with E-state index in [-0.39, 0.29) is 11.8 Å². The number of hydrogen-bond acceptors (Lipinski definition) is 4. The van der Waals surface area contributed by atoms with E-state index in [4.69, 9.17) is 4.42 Å². The lowest BCUT2D eigenvalue weighted by Gasteiger charge is -2.18. The minimum Gasteiger partial charge on any atom is -0.447 e. The average Bonchev–Trinajstić information content (AvgIpc) is 3.03. The van der Waals surface area contributed by atoms with Crippen molar-refractivity contribution in [3.05, 3.63) is 17.8 Å². The molecule has 1 atom stereocenters. The zero-order chi connectivity index (χ0) is 15.4. The maximum absolute atomic E-state index is 12.2. The van der Waals surface area contributed by atoms with Crippen molar-refractivity contribution in [3.63, 3.8) is 0 Å². The Hall–Kier alpha value is -1.36. The largest absolute Gasteiger partial charge is 0.447 e. The van der Waals surface area contributed by atoms with E-state index < -0.39 is 0 Å². The first kappa shape index (κ1) is 16.0. The van der Waals surface area contributed by atoms with Gasteiger partial charge in [0.15, 0.2) is 12.1 Å². The Balaban J connectivity index is 1.81. The Kier molecular flexibility index (Phi) is 5.39. The van der Waals surface area contributed by atoms with E-state index in [1.165, 1.54) is 6.39 Å². The highest BCUT2D eigenvalue weighted by atomic mass is 16.3. The van der Waals surface area contributed by atoms with Crippen LogP contribution < -0.4 is 5.32 Å². The quantitative estimate of drug-likeness (QED) is 0.875. The second-order valence-corrected chi connectivity index (χ2v) is 6.74. The average molecular weight is 293 g/mol. The monoisotopic (exact) mass is 293 g/mol. The van der Waals surface area contributed by atoms with E-state index in [2.05, 4.69) is 29.0 Å². The standard InChI is InChI=1S/C16H27N3O2/c1-11(2)8-19-6-5-13(9-19)7-17-16(20)14-15(12(3)4)21-10-18-14/h10-13H,5-9H2,1-4H3,(H,17,20). The molecule has 0 aromatic carbocycles. The summed E-state index contributed by atoms with van der Waals surface area (Å²) < 4.78 is 5.30. The van der Waals surface area contributed by atoms with Gasteiger partial charge in [-0.2, -0.15) is 0 Å². The van der Waals surface area contributed by atoms with Gasteiger partial charge in [-0.1, -0.05) is 27.7 Å². The van der Waals surface area contributed by atoms with Gasteiger partial charge in [0.1, 0.15) is 5.76 Å². The van der Waals surface area contributed by atoms with Crippen LogP contribution in [-0.4, -0.2) is 42.0 Å². The molecule has 0 spiro atoms. The number of oxazole rings is 1. The molecule has 0 saturated carbocycles. The van der Waals surface area contributed by atoms with E-state index in [9.17, 15) is 4.79 Å². The number of carbonyl (C=O) groups excluding carboxylic acids is 1. The van der Waals surface area contributed by atoms with Crippen molar-refractivity contribution in [2.45, 2.75) is 40.0 Å². The number of aromatic nitrogens is 1. The molecule has 1 saturated heterocycles. The van der Waals surface area contributed by atoms with Crippen LogP contribution in [0.3, 0.4) is 0 Å². The molecule has 5 nitrogen and oxygen atoms in total. The van der Waals surface area contributed by atoms with Crippen LogP contribution in [0, 0.1) is 11.8 Å². The van der Waals surface area contributed by atoms with Crippen LogP contribution in [0.4, 0.5) is 0 Å². The summed E-state index contributed by atoms with van der Waals surface area (Å²) in [7, 11) is 0. The summed E-state index contributed by atoms with van der Waals surface area (Å²) in [4.78, 5) is 18.7. The summed E-state index contributed by atoms with van der Waals surface area (Å²) in [5.74, 6) is 1.96. The summed E-state index contributed by atoms with van der Waals surface area (Å²) in [5.41, 5.74) is 0.432. The van der Waals surface area contributed by atoms with Crippen molar-refractivity contribution in [1.29, 1.82) is 0 Å². The van der Waals surface area contributed by atoms with Gasteiger partial charge in [-0.15, -0.1) is 0 Å². The number of amides is 1. The smallest absolute Gasteiger partial charge is 0.273 e. The molecule has 0 bridgehead atoms. The zero-order valence-corrected chi connectivity index (χ0v) is 13.6. The lowest BCUT2D eigenvalue weighted by molar-refractivity contribution is 0.0940. The van der Waals surface area contributed by atoms with E-state index in [1.807, 2.05) is 13.8 Å². The van der Waals surface area contributed by atoms with Gasteiger partial charge < -0.3 is 14.6 Å². The highest BCUT2D eigenvalue weighted by Gasteiger charge is 2.24. The van der Waals surface area contributed by atoms with Gasteiger partial charge in [0, 0.05) is 25.6 Å². The Morgan fingerprint density at radius 3 is 2.90 bits per heavy atom. The van der Waals surface area contributed by atoms with Crippen molar-refractivity contribution in [3.8, 4) is 0 Å². The topological polar surface area (TPSA) is 58.4 Å². The molecular formula is C16H27N3O2. The maximum Gasteiger partial charge on any atom is 0.273 e. The fourth-order valence-electron chi connectivity index (χ4n) is 2.92. The van der Waals surface area contributed by atoms with Crippen molar-refractivity contribution >= 4 is 5.91 Å².